The van der Waals surface area contributed by atoms with Crippen molar-refractivity contribution in [2.45, 2.75) is 19.8 Å². The molecule has 0 aliphatic rings. The summed E-state index contributed by atoms with van der Waals surface area (Å²) < 4.78 is 5.93. The zero-order valence-electron chi connectivity index (χ0n) is 13.5. The lowest BCUT2D eigenvalue weighted by atomic mass is 10.2. The first-order valence-electron chi connectivity index (χ1n) is 7.62. The molecule has 3 aromatic rings. The highest BCUT2D eigenvalue weighted by Crippen LogP contribution is 2.17. The van der Waals surface area contributed by atoms with E-state index in [2.05, 4.69) is 35.8 Å². The van der Waals surface area contributed by atoms with Crippen LogP contribution in [0.15, 0.2) is 40.1 Å². The molecule has 0 bridgehead atoms. The van der Waals surface area contributed by atoms with Gasteiger partial charge in [0.15, 0.2) is 5.69 Å². The summed E-state index contributed by atoms with van der Waals surface area (Å²) >= 11 is 0. The molecule has 0 atom stereocenters. The van der Waals surface area contributed by atoms with E-state index >= 15 is 0 Å². The van der Waals surface area contributed by atoms with Crippen LogP contribution in [0.25, 0.3) is 5.82 Å². The molecular formula is C15H16N8O2. The zero-order chi connectivity index (χ0) is 17.6. The van der Waals surface area contributed by atoms with E-state index in [1.807, 2.05) is 37.3 Å². The Hall–Kier alpha value is -3.56. The number of nitrogen functional groups attached to an aromatic ring is 1. The Morgan fingerprint density at radius 2 is 2.16 bits per heavy atom. The molecule has 0 unspecified atom stereocenters. The Bertz CT molecular complexity index is 884. The summed E-state index contributed by atoms with van der Waals surface area (Å²) in [6, 6.07) is 9.40. The van der Waals surface area contributed by atoms with Crippen molar-refractivity contribution in [2.24, 2.45) is 5.10 Å². The summed E-state index contributed by atoms with van der Waals surface area (Å²) in [5.41, 5.74) is 9.69. The molecule has 2 heterocycles. The Balaban J connectivity index is 1.82. The standard InChI is InChI=1S/C15H16N8O2/c1-2-6-11-12(18-22-23(11)14-13(16)20-25-21-14)15(24)19-17-9-10-7-4-3-5-8-10/h3-5,7-9H,2,6H2,1H3,(H2,16,20)(H,19,24). The van der Waals surface area contributed by atoms with Gasteiger partial charge in [0.25, 0.3) is 5.91 Å². The predicted molar refractivity (Wildman–Crippen MR) is 89.1 cm³/mol. The third-order valence-corrected chi connectivity index (χ3v) is 3.34. The summed E-state index contributed by atoms with van der Waals surface area (Å²) in [6.45, 7) is 1.97. The number of rotatable bonds is 6. The number of hydrogen-bond acceptors (Lipinski definition) is 8. The van der Waals surface area contributed by atoms with Gasteiger partial charge in [0.05, 0.1) is 11.9 Å². The fraction of sp³-hybridized carbons (Fsp3) is 0.200. The lowest BCUT2D eigenvalue weighted by Gasteiger charge is -2.03. The molecule has 2 aromatic heterocycles. The normalized spacial score (nSPS) is 11.1. The fourth-order valence-electron chi connectivity index (χ4n) is 2.20. The van der Waals surface area contributed by atoms with Gasteiger partial charge in [-0.25, -0.2) is 10.1 Å². The molecule has 0 fully saturated rings. The minimum atomic E-state index is -0.475. The molecule has 10 nitrogen and oxygen atoms in total. The molecule has 0 aliphatic heterocycles. The summed E-state index contributed by atoms with van der Waals surface area (Å²) in [5.74, 6) is -0.212. The Morgan fingerprint density at radius 3 is 2.84 bits per heavy atom. The molecule has 0 saturated heterocycles. The van der Waals surface area contributed by atoms with Crippen molar-refractivity contribution >= 4 is 17.9 Å². The topological polar surface area (TPSA) is 137 Å². The van der Waals surface area contributed by atoms with Crippen LogP contribution in [-0.4, -0.2) is 37.4 Å². The monoisotopic (exact) mass is 340 g/mol. The second-order valence-corrected chi connectivity index (χ2v) is 5.13. The maximum Gasteiger partial charge on any atom is 0.293 e. The van der Waals surface area contributed by atoms with Crippen LogP contribution in [0.4, 0.5) is 5.82 Å². The average molecular weight is 340 g/mol. The number of amides is 1. The Kier molecular flexibility index (Phi) is 4.79. The number of benzene rings is 1. The lowest BCUT2D eigenvalue weighted by Crippen LogP contribution is -2.20. The summed E-state index contributed by atoms with van der Waals surface area (Å²) in [5, 5.41) is 19.0. The highest BCUT2D eigenvalue weighted by molar-refractivity contribution is 5.94. The molecule has 0 saturated carbocycles. The third kappa shape index (κ3) is 3.52. The van der Waals surface area contributed by atoms with Gasteiger partial charge in [-0.2, -0.15) is 9.78 Å². The molecule has 10 heteroatoms. The molecule has 128 valence electrons. The first-order valence-corrected chi connectivity index (χ1v) is 7.62. The number of carbonyl (C=O) groups is 1. The highest BCUT2D eigenvalue weighted by atomic mass is 16.6. The van der Waals surface area contributed by atoms with Gasteiger partial charge >= 0.3 is 0 Å². The minimum Gasteiger partial charge on any atom is -0.378 e. The van der Waals surface area contributed by atoms with Gasteiger partial charge in [-0.3, -0.25) is 4.79 Å². The van der Waals surface area contributed by atoms with Crippen LogP contribution in [0.1, 0.15) is 35.1 Å². The largest absolute Gasteiger partial charge is 0.378 e. The van der Waals surface area contributed by atoms with Gasteiger partial charge in [-0.1, -0.05) is 48.9 Å². The molecule has 1 aromatic carbocycles. The van der Waals surface area contributed by atoms with Crippen molar-refractivity contribution in [1.29, 1.82) is 0 Å². The first-order chi connectivity index (χ1) is 12.2. The van der Waals surface area contributed by atoms with E-state index in [0.717, 1.165) is 12.0 Å². The van der Waals surface area contributed by atoms with Crippen molar-refractivity contribution in [3.05, 3.63) is 47.3 Å². The average Bonchev–Trinajstić information content (AvgIpc) is 3.22. The van der Waals surface area contributed by atoms with Gasteiger partial charge in [0.1, 0.15) is 0 Å². The summed E-state index contributed by atoms with van der Waals surface area (Å²) in [6.07, 6.45) is 2.86. The zero-order valence-corrected chi connectivity index (χ0v) is 13.5. The van der Waals surface area contributed by atoms with Crippen molar-refractivity contribution in [3.63, 3.8) is 0 Å². The summed E-state index contributed by atoms with van der Waals surface area (Å²) in [4.78, 5) is 12.4. The number of hydrazone groups is 1. The maximum atomic E-state index is 12.4. The van der Waals surface area contributed by atoms with Gasteiger partial charge in [0, 0.05) is 0 Å². The number of aromatic nitrogens is 5. The van der Waals surface area contributed by atoms with Gasteiger partial charge in [-0.15, -0.1) is 5.10 Å². The van der Waals surface area contributed by atoms with Gasteiger partial charge < -0.3 is 5.73 Å². The molecule has 1 amide bonds. The second kappa shape index (κ2) is 7.34. The van der Waals surface area contributed by atoms with E-state index < -0.39 is 5.91 Å². The van der Waals surface area contributed by atoms with E-state index in [4.69, 9.17) is 5.73 Å². The number of nitrogens with zero attached hydrogens (tertiary/aromatic N) is 6. The quantitative estimate of drug-likeness (QED) is 0.503. The second-order valence-electron chi connectivity index (χ2n) is 5.13. The van der Waals surface area contributed by atoms with E-state index in [1.165, 1.54) is 4.68 Å². The van der Waals surface area contributed by atoms with Crippen molar-refractivity contribution < 1.29 is 9.42 Å². The molecule has 0 radical (unpaired) electrons. The minimum absolute atomic E-state index is 0.0660. The molecule has 0 spiro atoms. The Labute approximate surface area is 142 Å². The van der Waals surface area contributed by atoms with Crippen molar-refractivity contribution in [3.8, 4) is 5.82 Å². The van der Waals surface area contributed by atoms with Crippen LogP contribution in [0.2, 0.25) is 0 Å². The first kappa shape index (κ1) is 16.3. The van der Waals surface area contributed by atoms with E-state index in [0.29, 0.717) is 12.1 Å². The van der Waals surface area contributed by atoms with Gasteiger partial charge in [-0.05, 0) is 22.3 Å². The molecule has 0 aliphatic carbocycles. The molecule has 3 rings (SSSR count). The van der Waals surface area contributed by atoms with Crippen LogP contribution < -0.4 is 11.2 Å². The smallest absolute Gasteiger partial charge is 0.293 e. The van der Waals surface area contributed by atoms with E-state index in [-0.39, 0.29) is 17.3 Å². The lowest BCUT2D eigenvalue weighted by molar-refractivity contribution is 0.0949. The molecule has 25 heavy (non-hydrogen) atoms. The molecular weight excluding hydrogens is 324 g/mol. The van der Waals surface area contributed by atoms with Crippen molar-refractivity contribution in [2.75, 3.05) is 5.73 Å². The third-order valence-electron chi connectivity index (χ3n) is 3.34. The predicted octanol–water partition coefficient (Wildman–Crippen LogP) is 0.949. The maximum absolute atomic E-state index is 12.4. The highest BCUT2D eigenvalue weighted by Gasteiger charge is 2.22. The van der Waals surface area contributed by atoms with Gasteiger partial charge in [0.2, 0.25) is 11.6 Å². The molecule has 3 N–H and O–H groups in total. The number of anilines is 1. The van der Waals surface area contributed by atoms with Crippen LogP contribution in [-0.2, 0) is 6.42 Å². The van der Waals surface area contributed by atoms with E-state index in [1.54, 1.807) is 6.21 Å². The Morgan fingerprint density at radius 1 is 1.36 bits per heavy atom. The SMILES string of the molecule is CCCc1c(C(=O)NN=Cc2ccccc2)nnn1-c1nonc1N. The number of nitrogens with one attached hydrogen (secondary N) is 1. The van der Waals surface area contributed by atoms with Crippen LogP contribution in [0, 0.1) is 0 Å². The number of hydrogen-bond donors (Lipinski definition) is 2. The number of carbonyl (C=O) groups excluding carboxylic acids is 1. The van der Waals surface area contributed by atoms with Crippen LogP contribution in [0.3, 0.4) is 0 Å². The van der Waals surface area contributed by atoms with E-state index in [9.17, 15) is 4.79 Å². The summed E-state index contributed by atoms with van der Waals surface area (Å²) in [7, 11) is 0. The van der Waals surface area contributed by atoms with Crippen LogP contribution >= 0.6 is 0 Å². The fourth-order valence-corrected chi connectivity index (χ4v) is 2.20. The van der Waals surface area contributed by atoms with Crippen LogP contribution in [0.5, 0.6) is 0 Å². The van der Waals surface area contributed by atoms with Crippen molar-refractivity contribution in [1.82, 2.24) is 30.7 Å². The number of nitrogens with two attached hydrogens (primary N) is 1.